The quantitative estimate of drug-likeness (QED) is 0.337. The first-order valence-corrected chi connectivity index (χ1v) is 7.91. The second-order valence-electron chi connectivity index (χ2n) is 5.24. The SMILES string of the molecule is CCCCCCCCCCCCCCCC.[H-].[Li+]. The van der Waals surface area contributed by atoms with Gasteiger partial charge in [-0.25, -0.2) is 0 Å². The van der Waals surface area contributed by atoms with Crippen molar-refractivity contribution in [1.29, 1.82) is 0 Å². The Balaban J connectivity index is -0.00000112. The Morgan fingerprint density at radius 2 is 0.588 bits per heavy atom. The van der Waals surface area contributed by atoms with Gasteiger partial charge in [-0.15, -0.1) is 0 Å². The molecule has 0 rings (SSSR count). The summed E-state index contributed by atoms with van der Waals surface area (Å²) in [7, 11) is 0. The average Bonchev–Trinajstić information content (AvgIpc) is 2.31. The molecule has 0 aliphatic rings. The summed E-state index contributed by atoms with van der Waals surface area (Å²) in [6.07, 6.45) is 20.4. The first kappa shape index (κ1) is 19.9. The maximum absolute atomic E-state index is 2.29. The number of rotatable bonds is 13. The third kappa shape index (κ3) is 19.1. The summed E-state index contributed by atoms with van der Waals surface area (Å²) in [6, 6.07) is 0. The van der Waals surface area contributed by atoms with Gasteiger partial charge in [0.2, 0.25) is 0 Å². The Morgan fingerprint density at radius 1 is 0.412 bits per heavy atom. The number of hydrogen-bond acceptors (Lipinski definition) is 0. The van der Waals surface area contributed by atoms with Crippen LogP contribution in [-0.2, 0) is 0 Å². The molecule has 100 valence electrons. The molecule has 0 aliphatic carbocycles. The van der Waals surface area contributed by atoms with Crippen molar-refractivity contribution in [2.75, 3.05) is 0 Å². The maximum atomic E-state index is 2.29. The Hall–Kier alpha value is 0.597. The smallest absolute Gasteiger partial charge is 1.00 e. The molecule has 0 saturated carbocycles. The van der Waals surface area contributed by atoms with Crippen LogP contribution in [0.3, 0.4) is 0 Å². The van der Waals surface area contributed by atoms with Gasteiger partial charge in [-0.1, -0.05) is 104 Å². The van der Waals surface area contributed by atoms with Crippen LogP contribution < -0.4 is 18.9 Å². The zero-order chi connectivity index (χ0) is 11.9. The molecule has 0 radical (unpaired) electrons. The zero-order valence-electron chi connectivity index (χ0n) is 13.9. The van der Waals surface area contributed by atoms with Crippen molar-refractivity contribution < 1.29 is 20.3 Å². The molecule has 0 nitrogen and oxygen atoms in total. The van der Waals surface area contributed by atoms with E-state index in [0.717, 1.165) is 0 Å². The minimum atomic E-state index is 0. The van der Waals surface area contributed by atoms with E-state index in [9.17, 15) is 0 Å². The van der Waals surface area contributed by atoms with E-state index < -0.39 is 0 Å². The minimum absolute atomic E-state index is 0. The van der Waals surface area contributed by atoms with E-state index in [2.05, 4.69) is 13.8 Å². The molecule has 0 N–H and O–H groups in total. The molecule has 0 spiro atoms. The van der Waals surface area contributed by atoms with Crippen LogP contribution in [0.15, 0.2) is 0 Å². The van der Waals surface area contributed by atoms with Crippen LogP contribution in [0, 0.1) is 0 Å². The van der Waals surface area contributed by atoms with E-state index in [1.165, 1.54) is 89.9 Å². The minimum Gasteiger partial charge on any atom is -1.00 e. The Bertz CT molecular complexity index is 104. The summed E-state index contributed by atoms with van der Waals surface area (Å²) in [5.41, 5.74) is 0. The van der Waals surface area contributed by atoms with Gasteiger partial charge in [0, 0.05) is 0 Å². The van der Waals surface area contributed by atoms with Gasteiger partial charge in [-0.05, 0) is 0 Å². The fourth-order valence-corrected chi connectivity index (χ4v) is 2.27. The monoisotopic (exact) mass is 234 g/mol. The van der Waals surface area contributed by atoms with E-state index in [1.54, 1.807) is 0 Å². The molecule has 0 heterocycles. The van der Waals surface area contributed by atoms with Crippen LogP contribution in [-0.4, -0.2) is 0 Å². The molecule has 0 aromatic heterocycles. The van der Waals surface area contributed by atoms with Crippen LogP contribution in [0.5, 0.6) is 0 Å². The van der Waals surface area contributed by atoms with Crippen molar-refractivity contribution in [2.24, 2.45) is 0 Å². The van der Waals surface area contributed by atoms with Crippen molar-refractivity contribution in [3.8, 4) is 0 Å². The van der Waals surface area contributed by atoms with Crippen molar-refractivity contribution in [1.82, 2.24) is 0 Å². The molecule has 0 fully saturated rings. The Morgan fingerprint density at radius 3 is 0.765 bits per heavy atom. The van der Waals surface area contributed by atoms with Gasteiger partial charge in [0.25, 0.3) is 0 Å². The molecule has 0 amide bonds. The molecule has 0 unspecified atom stereocenters. The second kappa shape index (κ2) is 18.9. The van der Waals surface area contributed by atoms with E-state index >= 15 is 0 Å². The molecule has 17 heavy (non-hydrogen) atoms. The normalized spacial score (nSPS) is 10.2. The molecule has 0 aliphatic heterocycles. The van der Waals surface area contributed by atoms with E-state index in [1.807, 2.05) is 0 Å². The molecule has 0 atom stereocenters. The summed E-state index contributed by atoms with van der Waals surface area (Å²) in [5, 5.41) is 0. The van der Waals surface area contributed by atoms with Crippen LogP contribution >= 0.6 is 0 Å². The van der Waals surface area contributed by atoms with Gasteiger partial charge in [0.1, 0.15) is 0 Å². The average molecular weight is 234 g/mol. The summed E-state index contributed by atoms with van der Waals surface area (Å²) in [4.78, 5) is 0. The van der Waals surface area contributed by atoms with E-state index in [0.29, 0.717) is 0 Å². The predicted molar refractivity (Wildman–Crippen MR) is 77.1 cm³/mol. The molecule has 0 saturated heterocycles. The summed E-state index contributed by atoms with van der Waals surface area (Å²) >= 11 is 0. The van der Waals surface area contributed by atoms with E-state index in [4.69, 9.17) is 0 Å². The summed E-state index contributed by atoms with van der Waals surface area (Å²) in [6.45, 7) is 4.58. The van der Waals surface area contributed by atoms with Crippen molar-refractivity contribution in [2.45, 2.75) is 104 Å². The molecule has 0 aromatic carbocycles. The predicted octanol–water partition coefficient (Wildman–Crippen LogP) is 3.60. The largest absolute Gasteiger partial charge is 1.00 e. The number of unbranched alkanes of at least 4 members (excludes halogenated alkanes) is 13. The maximum Gasteiger partial charge on any atom is 1.00 e. The van der Waals surface area contributed by atoms with Crippen LogP contribution in [0.1, 0.15) is 105 Å². The third-order valence-electron chi connectivity index (χ3n) is 3.46. The topological polar surface area (TPSA) is 0 Å². The summed E-state index contributed by atoms with van der Waals surface area (Å²) in [5.74, 6) is 0. The summed E-state index contributed by atoms with van der Waals surface area (Å²) < 4.78 is 0. The van der Waals surface area contributed by atoms with Crippen molar-refractivity contribution >= 4 is 0 Å². The standard InChI is InChI=1S/C16H34.Li.H/c1-3-5-7-9-11-13-15-16-14-12-10-8-6-4-2;;/h3-16H2,1-2H3;;/q;+1;-1. The van der Waals surface area contributed by atoms with Gasteiger partial charge in [0.15, 0.2) is 0 Å². The van der Waals surface area contributed by atoms with Gasteiger partial charge < -0.3 is 1.43 Å². The zero-order valence-corrected chi connectivity index (χ0v) is 12.9. The van der Waals surface area contributed by atoms with Crippen LogP contribution in [0.25, 0.3) is 0 Å². The van der Waals surface area contributed by atoms with Crippen LogP contribution in [0.4, 0.5) is 0 Å². The molecule has 0 bridgehead atoms. The first-order chi connectivity index (χ1) is 7.91. The van der Waals surface area contributed by atoms with Gasteiger partial charge in [0.05, 0.1) is 0 Å². The molecular weight excluding hydrogens is 199 g/mol. The van der Waals surface area contributed by atoms with Crippen LogP contribution in [0.2, 0.25) is 0 Å². The van der Waals surface area contributed by atoms with Crippen molar-refractivity contribution in [3.05, 3.63) is 0 Å². The van der Waals surface area contributed by atoms with Gasteiger partial charge in [-0.2, -0.15) is 0 Å². The Labute approximate surface area is 124 Å². The third-order valence-corrected chi connectivity index (χ3v) is 3.46. The van der Waals surface area contributed by atoms with Gasteiger partial charge in [-0.3, -0.25) is 0 Å². The fourth-order valence-electron chi connectivity index (χ4n) is 2.27. The van der Waals surface area contributed by atoms with E-state index in [-0.39, 0.29) is 20.3 Å². The molecule has 1 heteroatoms. The number of hydrogen-bond donors (Lipinski definition) is 0. The Kier molecular flexibility index (Phi) is 22.2. The van der Waals surface area contributed by atoms with Crippen molar-refractivity contribution in [3.63, 3.8) is 0 Å². The molecule has 0 aromatic rings. The molecular formula is C16H35Li. The second-order valence-corrected chi connectivity index (χ2v) is 5.24. The fraction of sp³-hybridized carbons (Fsp3) is 1.00. The van der Waals surface area contributed by atoms with Gasteiger partial charge >= 0.3 is 18.9 Å². The first-order valence-electron chi connectivity index (χ1n) is 7.91.